The lowest BCUT2D eigenvalue weighted by molar-refractivity contribution is -0.140. The van der Waals surface area contributed by atoms with Gasteiger partial charge in [0, 0.05) is 11.1 Å². The van der Waals surface area contributed by atoms with Crippen molar-refractivity contribution >= 4 is 5.78 Å². The van der Waals surface area contributed by atoms with Gasteiger partial charge in [-0.2, -0.15) is 13.2 Å². The Morgan fingerprint density at radius 3 is 2.24 bits per heavy atom. The fraction of sp³-hybridized carbons (Fsp3) is 0.188. The third-order valence-electron chi connectivity index (χ3n) is 3.17. The summed E-state index contributed by atoms with van der Waals surface area (Å²) in [5.74, 6) is -1.94. The predicted octanol–water partition coefficient (Wildman–Crippen LogP) is 4.69. The number of carbonyl (C=O) groups is 1. The molecule has 21 heavy (non-hydrogen) atoms. The molecule has 0 fully saturated rings. The number of rotatable bonds is 2. The summed E-state index contributed by atoms with van der Waals surface area (Å²) in [7, 11) is 0. The van der Waals surface area contributed by atoms with Gasteiger partial charge in [0.1, 0.15) is 5.82 Å². The number of benzene rings is 2. The first-order chi connectivity index (χ1) is 9.70. The summed E-state index contributed by atoms with van der Waals surface area (Å²) in [6, 6.07) is 7.41. The zero-order valence-corrected chi connectivity index (χ0v) is 11.4. The third-order valence-corrected chi connectivity index (χ3v) is 3.17. The quantitative estimate of drug-likeness (QED) is 0.580. The SMILES string of the molecule is Cc1ccc(C)c(C(=O)c2ccc(C(F)(F)F)c(F)c2)c1. The summed E-state index contributed by atoms with van der Waals surface area (Å²) >= 11 is 0. The number of ketones is 1. The molecule has 0 bridgehead atoms. The molecule has 0 atom stereocenters. The summed E-state index contributed by atoms with van der Waals surface area (Å²) in [6.45, 7) is 3.51. The number of carbonyl (C=O) groups excluding carboxylic acids is 1. The molecule has 0 amide bonds. The van der Waals surface area contributed by atoms with Crippen LogP contribution in [-0.2, 0) is 6.18 Å². The first-order valence-corrected chi connectivity index (χ1v) is 6.19. The van der Waals surface area contributed by atoms with E-state index in [-0.39, 0.29) is 5.56 Å². The fourth-order valence-corrected chi connectivity index (χ4v) is 2.02. The van der Waals surface area contributed by atoms with Gasteiger partial charge in [0.25, 0.3) is 0 Å². The molecule has 110 valence electrons. The molecule has 2 aromatic rings. The first kappa shape index (κ1) is 15.2. The molecule has 5 heteroatoms. The molecule has 0 saturated heterocycles. The van der Waals surface area contributed by atoms with Crippen molar-refractivity contribution in [2.45, 2.75) is 20.0 Å². The van der Waals surface area contributed by atoms with E-state index in [0.717, 1.165) is 11.6 Å². The predicted molar refractivity (Wildman–Crippen MR) is 70.8 cm³/mol. The van der Waals surface area contributed by atoms with Crippen molar-refractivity contribution in [1.82, 2.24) is 0 Å². The van der Waals surface area contributed by atoms with Crippen LogP contribution >= 0.6 is 0 Å². The Labute approximate surface area is 119 Å². The lowest BCUT2D eigenvalue weighted by Crippen LogP contribution is -2.10. The monoisotopic (exact) mass is 296 g/mol. The highest BCUT2D eigenvalue weighted by Crippen LogP contribution is 2.32. The summed E-state index contributed by atoms with van der Waals surface area (Å²) in [5, 5.41) is 0. The summed E-state index contributed by atoms with van der Waals surface area (Å²) in [4.78, 5) is 12.3. The number of hydrogen-bond acceptors (Lipinski definition) is 1. The lowest BCUT2D eigenvalue weighted by Gasteiger charge is -2.10. The fourth-order valence-electron chi connectivity index (χ4n) is 2.02. The molecular formula is C16H12F4O. The Hall–Kier alpha value is -2.17. The minimum atomic E-state index is -4.77. The van der Waals surface area contributed by atoms with Gasteiger partial charge in [-0.15, -0.1) is 0 Å². The van der Waals surface area contributed by atoms with Gasteiger partial charge in [0.2, 0.25) is 0 Å². The van der Waals surface area contributed by atoms with Crippen LogP contribution in [0.5, 0.6) is 0 Å². The van der Waals surface area contributed by atoms with E-state index in [9.17, 15) is 22.4 Å². The summed E-state index contributed by atoms with van der Waals surface area (Å²) in [6.07, 6.45) is -4.77. The largest absolute Gasteiger partial charge is 0.419 e. The van der Waals surface area contributed by atoms with E-state index < -0.39 is 23.3 Å². The van der Waals surface area contributed by atoms with Crippen LogP contribution < -0.4 is 0 Å². The van der Waals surface area contributed by atoms with Gasteiger partial charge in [-0.3, -0.25) is 4.79 Å². The molecule has 2 rings (SSSR count). The molecular weight excluding hydrogens is 284 g/mol. The molecule has 0 unspecified atom stereocenters. The Bertz CT molecular complexity index is 702. The third kappa shape index (κ3) is 3.12. The van der Waals surface area contributed by atoms with E-state index in [1.54, 1.807) is 26.0 Å². The molecule has 0 aliphatic heterocycles. The lowest BCUT2D eigenvalue weighted by atomic mass is 9.96. The molecule has 0 spiro atoms. The first-order valence-electron chi connectivity index (χ1n) is 6.19. The van der Waals surface area contributed by atoms with Crippen molar-refractivity contribution in [3.63, 3.8) is 0 Å². The molecule has 0 saturated carbocycles. The molecule has 2 aromatic carbocycles. The van der Waals surface area contributed by atoms with Crippen LogP contribution in [0.25, 0.3) is 0 Å². The van der Waals surface area contributed by atoms with Crippen LogP contribution in [0.1, 0.15) is 32.6 Å². The number of halogens is 4. The highest BCUT2D eigenvalue weighted by atomic mass is 19.4. The second-order valence-electron chi connectivity index (χ2n) is 4.84. The maximum Gasteiger partial charge on any atom is 0.419 e. The maximum atomic E-state index is 13.5. The average molecular weight is 296 g/mol. The van der Waals surface area contributed by atoms with E-state index in [1.165, 1.54) is 0 Å². The highest BCUT2D eigenvalue weighted by Gasteiger charge is 2.34. The molecule has 0 aromatic heterocycles. The Morgan fingerprint density at radius 2 is 1.67 bits per heavy atom. The zero-order valence-electron chi connectivity index (χ0n) is 11.4. The second kappa shape index (κ2) is 5.31. The van der Waals surface area contributed by atoms with Crippen molar-refractivity contribution in [3.05, 3.63) is 70.0 Å². The van der Waals surface area contributed by atoms with Crippen LogP contribution in [-0.4, -0.2) is 5.78 Å². The molecule has 0 N–H and O–H groups in total. The van der Waals surface area contributed by atoms with E-state index in [2.05, 4.69) is 0 Å². The molecule has 0 aliphatic carbocycles. The number of aryl methyl sites for hydroxylation is 2. The van der Waals surface area contributed by atoms with Crippen molar-refractivity contribution in [3.8, 4) is 0 Å². The van der Waals surface area contributed by atoms with Crippen LogP contribution in [0.2, 0.25) is 0 Å². The Kier molecular flexibility index (Phi) is 3.85. The van der Waals surface area contributed by atoms with Gasteiger partial charge in [0.15, 0.2) is 5.78 Å². The van der Waals surface area contributed by atoms with Crippen molar-refractivity contribution < 1.29 is 22.4 Å². The molecule has 0 radical (unpaired) electrons. The standard InChI is InChI=1S/C16H12F4O/c1-9-3-4-10(2)12(7-9)15(21)11-5-6-13(14(17)8-11)16(18,19)20/h3-8H,1-2H3. The highest BCUT2D eigenvalue weighted by molar-refractivity contribution is 6.10. The topological polar surface area (TPSA) is 17.1 Å². The molecule has 0 heterocycles. The van der Waals surface area contributed by atoms with E-state index in [4.69, 9.17) is 0 Å². The minimum absolute atomic E-state index is 0.103. The smallest absolute Gasteiger partial charge is 0.289 e. The van der Waals surface area contributed by atoms with Gasteiger partial charge in [-0.05, 0) is 37.6 Å². The van der Waals surface area contributed by atoms with Crippen molar-refractivity contribution in [2.24, 2.45) is 0 Å². The van der Waals surface area contributed by atoms with Gasteiger partial charge in [-0.1, -0.05) is 23.8 Å². The van der Waals surface area contributed by atoms with Crippen molar-refractivity contribution in [2.75, 3.05) is 0 Å². The van der Waals surface area contributed by atoms with Crippen LogP contribution in [0.15, 0.2) is 36.4 Å². The molecule has 1 nitrogen and oxygen atoms in total. The van der Waals surface area contributed by atoms with Gasteiger partial charge in [0.05, 0.1) is 5.56 Å². The van der Waals surface area contributed by atoms with Crippen LogP contribution in [0, 0.1) is 19.7 Å². The number of hydrogen-bond donors (Lipinski definition) is 0. The van der Waals surface area contributed by atoms with Crippen molar-refractivity contribution in [1.29, 1.82) is 0 Å². The Morgan fingerprint density at radius 1 is 1.00 bits per heavy atom. The number of alkyl halides is 3. The Balaban J connectivity index is 2.45. The average Bonchev–Trinajstić information content (AvgIpc) is 2.39. The van der Waals surface area contributed by atoms with Gasteiger partial charge >= 0.3 is 6.18 Å². The van der Waals surface area contributed by atoms with E-state index >= 15 is 0 Å². The maximum absolute atomic E-state index is 13.5. The summed E-state index contributed by atoms with van der Waals surface area (Å²) in [5.41, 5.74) is 0.408. The van der Waals surface area contributed by atoms with E-state index in [1.807, 2.05) is 6.07 Å². The molecule has 0 aliphatic rings. The van der Waals surface area contributed by atoms with Gasteiger partial charge < -0.3 is 0 Å². The van der Waals surface area contributed by atoms with Crippen LogP contribution in [0.3, 0.4) is 0 Å². The minimum Gasteiger partial charge on any atom is -0.289 e. The normalized spacial score (nSPS) is 11.5. The second-order valence-corrected chi connectivity index (χ2v) is 4.84. The summed E-state index contributed by atoms with van der Waals surface area (Å²) < 4.78 is 51.0. The van der Waals surface area contributed by atoms with Crippen LogP contribution in [0.4, 0.5) is 17.6 Å². The van der Waals surface area contributed by atoms with Gasteiger partial charge in [-0.25, -0.2) is 4.39 Å². The zero-order chi connectivity index (χ0) is 15.8. The van der Waals surface area contributed by atoms with E-state index in [0.29, 0.717) is 23.3 Å².